The molecule has 0 saturated heterocycles. The molecule has 6 nitrogen and oxygen atoms in total. The first kappa shape index (κ1) is 23.7. The Bertz CT molecular complexity index is 968. The highest BCUT2D eigenvalue weighted by molar-refractivity contribution is 6.04. The number of nitrogens with one attached hydrogen (secondary N) is 1. The van der Waals surface area contributed by atoms with E-state index in [4.69, 9.17) is 10.5 Å². The van der Waals surface area contributed by atoms with E-state index >= 15 is 0 Å². The summed E-state index contributed by atoms with van der Waals surface area (Å²) >= 11 is 0. The lowest BCUT2D eigenvalue weighted by atomic mass is 9.80. The third-order valence-electron chi connectivity index (χ3n) is 5.04. The lowest BCUT2D eigenvalue weighted by Crippen LogP contribution is -2.40. The van der Waals surface area contributed by atoms with Gasteiger partial charge in [0.15, 0.2) is 0 Å². The molecule has 0 bridgehead atoms. The summed E-state index contributed by atoms with van der Waals surface area (Å²) in [5, 5.41) is 3.38. The molecule has 1 aliphatic rings. The minimum absolute atomic E-state index is 0.286. The van der Waals surface area contributed by atoms with Crippen molar-refractivity contribution < 1.29 is 9.53 Å². The highest BCUT2D eigenvalue weighted by Crippen LogP contribution is 2.39. The summed E-state index contributed by atoms with van der Waals surface area (Å²) in [5.74, 6) is 0.280. The molecule has 0 fully saturated rings. The van der Waals surface area contributed by atoms with Crippen LogP contribution in [0.2, 0.25) is 0 Å². The molecule has 0 amide bonds. The van der Waals surface area contributed by atoms with E-state index in [2.05, 4.69) is 16.9 Å². The number of esters is 1. The van der Waals surface area contributed by atoms with Crippen molar-refractivity contribution in [2.45, 2.75) is 26.7 Å². The highest BCUT2D eigenvalue weighted by atomic mass is 16.5. The number of rotatable bonds is 8. The van der Waals surface area contributed by atoms with Gasteiger partial charge in [-0.05, 0) is 38.5 Å². The molecular formula is C25H32N4O2. The number of aliphatic imine (C=N–C) groups is 1. The van der Waals surface area contributed by atoms with Crippen LogP contribution in [-0.2, 0) is 9.53 Å². The zero-order valence-electron chi connectivity index (χ0n) is 19.0. The van der Waals surface area contributed by atoms with E-state index in [9.17, 15) is 4.79 Å². The van der Waals surface area contributed by atoms with E-state index in [1.807, 2.05) is 74.4 Å². The number of allylic oxidation sites excluding steroid dienone is 5. The van der Waals surface area contributed by atoms with Gasteiger partial charge in [0, 0.05) is 31.1 Å². The molecular weight excluding hydrogens is 388 g/mol. The first-order valence-corrected chi connectivity index (χ1v) is 10.3. The minimum Gasteiger partial charge on any atom is -0.463 e. The molecule has 1 atom stereocenters. The first-order valence-electron chi connectivity index (χ1n) is 10.3. The van der Waals surface area contributed by atoms with Crippen LogP contribution in [0.5, 0.6) is 0 Å². The standard InChI is InChI=1S/C25H32N4O2/c1-7-13-19(14-8-2)29(6)24-22(23(26)27-5)21(18-15-11-10-12-16-18)20(17(4)28-24)25(30)31-9-3/h7-8,10-16,21,28H,1,9H2,2-6H3,(H2,26,27)/b14-8-,19-13+. The summed E-state index contributed by atoms with van der Waals surface area (Å²) in [4.78, 5) is 19.2. The number of benzene rings is 1. The van der Waals surface area contributed by atoms with Crippen LogP contribution < -0.4 is 11.1 Å². The number of hydrogen-bond acceptors (Lipinski definition) is 5. The molecule has 3 N–H and O–H groups in total. The highest BCUT2D eigenvalue weighted by Gasteiger charge is 2.37. The van der Waals surface area contributed by atoms with Crippen LogP contribution in [0.1, 0.15) is 32.3 Å². The van der Waals surface area contributed by atoms with Gasteiger partial charge < -0.3 is 20.7 Å². The Kier molecular flexibility index (Phi) is 8.43. The van der Waals surface area contributed by atoms with Crippen molar-refractivity contribution in [3.63, 3.8) is 0 Å². The van der Waals surface area contributed by atoms with Crippen molar-refractivity contribution in [3.8, 4) is 0 Å². The van der Waals surface area contributed by atoms with Gasteiger partial charge in [0.2, 0.25) is 0 Å². The molecule has 1 aliphatic heterocycles. The normalized spacial score (nSPS) is 17.6. The Morgan fingerprint density at radius 2 is 2.00 bits per heavy atom. The number of dihydropyridines is 1. The summed E-state index contributed by atoms with van der Waals surface area (Å²) < 4.78 is 5.40. The molecule has 31 heavy (non-hydrogen) atoms. The Morgan fingerprint density at radius 1 is 1.32 bits per heavy atom. The molecule has 0 aromatic heterocycles. The molecule has 1 heterocycles. The van der Waals surface area contributed by atoms with Gasteiger partial charge in [-0.15, -0.1) is 0 Å². The number of carbonyl (C=O) groups excluding carboxylic acids is 1. The molecule has 1 aromatic rings. The molecule has 1 unspecified atom stereocenters. The van der Waals surface area contributed by atoms with Gasteiger partial charge >= 0.3 is 5.97 Å². The van der Waals surface area contributed by atoms with Crippen LogP contribution in [0.15, 0.2) is 94.6 Å². The van der Waals surface area contributed by atoms with Gasteiger partial charge in [-0.2, -0.15) is 0 Å². The summed E-state index contributed by atoms with van der Waals surface area (Å²) in [6.45, 7) is 9.73. The largest absolute Gasteiger partial charge is 0.463 e. The fourth-order valence-corrected chi connectivity index (χ4v) is 3.62. The average molecular weight is 421 g/mol. The summed E-state index contributed by atoms with van der Waals surface area (Å²) in [6, 6.07) is 9.79. The van der Waals surface area contributed by atoms with Crippen molar-refractivity contribution in [1.82, 2.24) is 10.2 Å². The Labute approximate surface area is 185 Å². The molecule has 6 heteroatoms. The predicted octanol–water partition coefficient (Wildman–Crippen LogP) is 3.99. The third kappa shape index (κ3) is 5.15. The van der Waals surface area contributed by atoms with Gasteiger partial charge in [0.25, 0.3) is 0 Å². The van der Waals surface area contributed by atoms with Crippen LogP contribution in [0.4, 0.5) is 0 Å². The van der Waals surface area contributed by atoms with Crippen molar-refractivity contribution in [2.75, 3.05) is 20.7 Å². The molecule has 1 aromatic carbocycles. The van der Waals surface area contributed by atoms with Gasteiger partial charge in [0.1, 0.15) is 11.7 Å². The molecule has 164 valence electrons. The second-order valence-corrected chi connectivity index (χ2v) is 6.99. The minimum atomic E-state index is -0.432. The Hall–Kier alpha value is -3.54. The zero-order valence-corrected chi connectivity index (χ0v) is 19.0. The average Bonchev–Trinajstić information content (AvgIpc) is 2.77. The maximum Gasteiger partial charge on any atom is 0.336 e. The molecule has 0 aliphatic carbocycles. The quantitative estimate of drug-likeness (QED) is 0.288. The van der Waals surface area contributed by atoms with E-state index < -0.39 is 5.92 Å². The van der Waals surface area contributed by atoms with Crippen LogP contribution in [0.25, 0.3) is 0 Å². The van der Waals surface area contributed by atoms with Crippen molar-refractivity contribution >= 4 is 11.8 Å². The number of nitrogens with two attached hydrogens (primary N) is 1. The van der Waals surface area contributed by atoms with Gasteiger partial charge in [0.05, 0.1) is 18.1 Å². The van der Waals surface area contributed by atoms with Crippen molar-refractivity contribution in [2.24, 2.45) is 10.7 Å². The maximum absolute atomic E-state index is 13.0. The number of likely N-dealkylation sites (N-methyl/N-ethyl adjacent to an activating group) is 1. The smallest absolute Gasteiger partial charge is 0.336 e. The second kappa shape index (κ2) is 11.0. The number of ether oxygens (including phenoxy) is 1. The van der Waals surface area contributed by atoms with Crippen LogP contribution in [0.3, 0.4) is 0 Å². The summed E-state index contributed by atoms with van der Waals surface area (Å²) in [5.41, 5.74) is 10.2. The monoisotopic (exact) mass is 420 g/mol. The molecule has 0 spiro atoms. The summed E-state index contributed by atoms with van der Waals surface area (Å²) in [7, 11) is 3.58. The van der Waals surface area contributed by atoms with Gasteiger partial charge in [-0.25, -0.2) is 4.79 Å². The fraction of sp³-hybridized carbons (Fsp3) is 0.280. The van der Waals surface area contributed by atoms with E-state index in [1.54, 1.807) is 20.0 Å². The second-order valence-electron chi connectivity index (χ2n) is 6.99. The number of amidine groups is 1. The van der Waals surface area contributed by atoms with Gasteiger partial charge in [-0.3, -0.25) is 4.99 Å². The van der Waals surface area contributed by atoms with Crippen LogP contribution in [-0.4, -0.2) is 37.4 Å². The Balaban J connectivity index is 2.83. The van der Waals surface area contributed by atoms with E-state index in [0.717, 1.165) is 17.1 Å². The third-order valence-corrected chi connectivity index (χ3v) is 5.04. The topological polar surface area (TPSA) is 80.0 Å². The van der Waals surface area contributed by atoms with Crippen LogP contribution in [0, 0.1) is 0 Å². The number of carbonyl (C=O) groups is 1. The van der Waals surface area contributed by atoms with Crippen molar-refractivity contribution in [1.29, 1.82) is 0 Å². The SMILES string of the molecule is C=C/C=C(\C=C/C)N(C)C1=C(C(N)=NC)C(c2ccccc2)C(C(=O)OCC)=C(C)N1. The first-order chi connectivity index (χ1) is 14.9. The Morgan fingerprint density at radius 3 is 2.55 bits per heavy atom. The van der Waals surface area contributed by atoms with E-state index in [-0.39, 0.29) is 12.6 Å². The van der Waals surface area contributed by atoms with Crippen LogP contribution >= 0.6 is 0 Å². The summed E-state index contributed by atoms with van der Waals surface area (Å²) in [6.07, 6.45) is 7.56. The maximum atomic E-state index is 13.0. The molecule has 2 rings (SSSR count). The zero-order chi connectivity index (χ0) is 23.0. The van der Waals surface area contributed by atoms with Crippen molar-refractivity contribution in [3.05, 3.63) is 95.1 Å². The number of nitrogens with zero attached hydrogens (tertiary/aromatic N) is 2. The fourth-order valence-electron chi connectivity index (χ4n) is 3.62. The van der Waals surface area contributed by atoms with E-state index in [0.29, 0.717) is 22.7 Å². The molecule has 0 radical (unpaired) electrons. The lowest BCUT2D eigenvalue weighted by Gasteiger charge is -2.36. The predicted molar refractivity (Wildman–Crippen MR) is 127 cm³/mol. The number of hydrogen-bond donors (Lipinski definition) is 2. The lowest BCUT2D eigenvalue weighted by molar-refractivity contribution is -0.138. The molecule has 0 saturated carbocycles. The van der Waals surface area contributed by atoms with E-state index in [1.165, 1.54) is 0 Å². The van der Waals surface area contributed by atoms with Gasteiger partial charge in [-0.1, -0.05) is 49.1 Å².